The van der Waals surface area contributed by atoms with E-state index in [2.05, 4.69) is 4.98 Å². The SMILES string of the molecule is COc1ccc(C(=O)[C@@H](O)c2ccncc2)cc1. The number of pyridine rings is 1. The number of aliphatic hydroxyl groups excluding tert-OH is 1. The van der Waals surface area contributed by atoms with E-state index in [0.29, 0.717) is 16.9 Å². The van der Waals surface area contributed by atoms with Crippen LogP contribution in [-0.4, -0.2) is 23.0 Å². The zero-order valence-corrected chi connectivity index (χ0v) is 9.91. The molecule has 0 aliphatic carbocycles. The molecule has 1 atom stereocenters. The van der Waals surface area contributed by atoms with Crippen LogP contribution in [0.3, 0.4) is 0 Å². The van der Waals surface area contributed by atoms with E-state index in [4.69, 9.17) is 4.74 Å². The van der Waals surface area contributed by atoms with Crippen molar-refractivity contribution in [1.82, 2.24) is 4.98 Å². The molecule has 0 unspecified atom stereocenters. The van der Waals surface area contributed by atoms with Crippen LogP contribution in [-0.2, 0) is 0 Å². The van der Waals surface area contributed by atoms with Gasteiger partial charge in [-0.1, -0.05) is 0 Å². The largest absolute Gasteiger partial charge is 0.497 e. The van der Waals surface area contributed by atoms with Crippen molar-refractivity contribution in [1.29, 1.82) is 0 Å². The molecule has 4 heteroatoms. The summed E-state index contributed by atoms with van der Waals surface area (Å²) in [4.78, 5) is 15.9. The summed E-state index contributed by atoms with van der Waals surface area (Å²) in [6.07, 6.45) is 1.92. The van der Waals surface area contributed by atoms with Gasteiger partial charge in [0, 0.05) is 18.0 Å². The van der Waals surface area contributed by atoms with Gasteiger partial charge in [0.05, 0.1) is 7.11 Å². The van der Waals surface area contributed by atoms with Crippen LogP contribution in [0.15, 0.2) is 48.8 Å². The quantitative estimate of drug-likeness (QED) is 0.834. The van der Waals surface area contributed by atoms with Gasteiger partial charge in [-0.3, -0.25) is 9.78 Å². The number of ketones is 1. The number of benzene rings is 1. The summed E-state index contributed by atoms with van der Waals surface area (Å²) in [5, 5.41) is 9.96. The van der Waals surface area contributed by atoms with Crippen molar-refractivity contribution in [3.8, 4) is 5.75 Å². The summed E-state index contributed by atoms with van der Waals surface area (Å²) in [7, 11) is 1.56. The fourth-order valence-corrected chi connectivity index (χ4v) is 1.61. The molecule has 1 N–H and O–H groups in total. The number of ether oxygens (including phenoxy) is 1. The molecule has 92 valence electrons. The summed E-state index contributed by atoms with van der Waals surface area (Å²) in [5.41, 5.74) is 0.978. The Balaban J connectivity index is 2.20. The molecular formula is C14H13NO3. The van der Waals surface area contributed by atoms with E-state index in [0.717, 1.165) is 0 Å². The standard InChI is InChI=1S/C14H13NO3/c1-18-12-4-2-10(3-5-12)13(16)14(17)11-6-8-15-9-7-11/h2-9,14,17H,1H3/t14-/m0/s1. The summed E-state index contributed by atoms with van der Waals surface area (Å²) in [5.74, 6) is 0.328. The second-order valence-electron chi connectivity index (χ2n) is 3.78. The van der Waals surface area contributed by atoms with Crippen molar-refractivity contribution in [2.24, 2.45) is 0 Å². The lowest BCUT2D eigenvalue weighted by atomic mass is 10.0. The van der Waals surface area contributed by atoms with Gasteiger partial charge >= 0.3 is 0 Å². The van der Waals surface area contributed by atoms with Crippen LogP contribution in [0.4, 0.5) is 0 Å². The average Bonchev–Trinajstić information content (AvgIpc) is 2.47. The molecule has 0 radical (unpaired) electrons. The molecule has 1 aromatic carbocycles. The van der Waals surface area contributed by atoms with Crippen LogP contribution in [0.5, 0.6) is 5.75 Å². The fraction of sp³-hybridized carbons (Fsp3) is 0.143. The number of nitrogens with zero attached hydrogens (tertiary/aromatic N) is 1. The number of hydrogen-bond donors (Lipinski definition) is 1. The van der Waals surface area contributed by atoms with Gasteiger partial charge in [-0.25, -0.2) is 0 Å². The summed E-state index contributed by atoms with van der Waals surface area (Å²) >= 11 is 0. The molecule has 18 heavy (non-hydrogen) atoms. The molecule has 2 rings (SSSR count). The van der Waals surface area contributed by atoms with Gasteiger partial charge in [0.15, 0.2) is 5.78 Å². The third-order valence-electron chi connectivity index (χ3n) is 2.64. The molecule has 0 aliphatic rings. The van der Waals surface area contributed by atoms with E-state index in [1.54, 1.807) is 55.9 Å². The molecule has 2 aromatic rings. The van der Waals surface area contributed by atoms with Crippen LogP contribution in [0.25, 0.3) is 0 Å². The Morgan fingerprint density at radius 1 is 1.17 bits per heavy atom. The molecule has 0 fully saturated rings. The first-order valence-corrected chi connectivity index (χ1v) is 5.48. The number of aliphatic hydroxyl groups is 1. The van der Waals surface area contributed by atoms with E-state index in [9.17, 15) is 9.90 Å². The highest BCUT2D eigenvalue weighted by Crippen LogP contribution is 2.19. The molecular weight excluding hydrogens is 230 g/mol. The predicted octanol–water partition coefficient (Wildman–Crippen LogP) is 2.01. The number of methoxy groups -OCH3 is 1. The third kappa shape index (κ3) is 2.55. The first-order chi connectivity index (χ1) is 8.72. The third-order valence-corrected chi connectivity index (χ3v) is 2.64. The molecule has 0 saturated heterocycles. The van der Waals surface area contributed by atoms with E-state index < -0.39 is 6.10 Å². The van der Waals surface area contributed by atoms with Crippen LogP contribution >= 0.6 is 0 Å². The number of Topliss-reactive ketones (excluding diaryl/α,β-unsaturated/α-hetero) is 1. The molecule has 0 bridgehead atoms. The average molecular weight is 243 g/mol. The highest BCUT2D eigenvalue weighted by molar-refractivity contribution is 5.99. The minimum absolute atomic E-state index is 0.344. The molecule has 1 heterocycles. The summed E-state index contributed by atoms with van der Waals surface area (Å²) in [6, 6.07) is 9.87. The van der Waals surface area contributed by atoms with E-state index >= 15 is 0 Å². The number of rotatable bonds is 4. The van der Waals surface area contributed by atoms with Crippen molar-refractivity contribution in [2.45, 2.75) is 6.10 Å². The van der Waals surface area contributed by atoms with Crippen LogP contribution in [0.2, 0.25) is 0 Å². The lowest BCUT2D eigenvalue weighted by Crippen LogP contribution is -2.12. The lowest BCUT2D eigenvalue weighted by Gasteiger charge is -2.10. The Kier molecular flexibility index (Phi) is 3.69. The van der Waals surface area contributed by atoms with Crippen molar-refractivity contribution in [2.75, 3.05) is 7.11 Å². The Morgan fingerprint density at radius 2 is 1.78 bits per heavy atom. The Labute approximate surface area is 105 Å². The number of carbonyl (C=O) groups is 1. The summed E-state index contributed by atoms with van der Waals surface area (Å²) < 4.78 is 5.01. The maximum Gasteiger partial charge on any atom is 0.195 e. The van der Waals surface area contributed by atoms with Crippen molar-refractivity contribution >= 4 is 5.78 Å². The zero-order chi connectivity index (χ0) is 13.0. The van der Waals surface area contributed by atoms with Crippen LogP contribution < -0.4 is 4.74 Å². The molecule has 0 saturated carbocycles. The predicted molar refractivity (Wildman–Crippen MR) is 66.5 cm³/mol. The monoisotopic (exact) mass is 243 g/mol. The normalized spacial score (nSPS) is 11.9. The van der Waals surface area contributed by atoms with Gasteiger partial charge in [-0.05, 0) is 42.0 Å². The van der Waals surface area contributed by atoms with E-state index in [1.807, 2.05) is 0 Å². The van der Waals surface area contributed by atoms with Gasteiger partial charge in [0.1, 0.15) is 11.9 Å². The number of aromatic nitrogens is 1. The highest BCUT2D eigenvalue weighted by atomic mass is 16.5. The first kappa shape index (κ1) is 12.3. The lowest BCUT2D eigenvalue weighted by molar-refractivity contribution is 0.0747. The maximum absolute atomic E-state index is 12.0. The second kappa shape index (κ2) is 5.42. The highest BCUT2D eigenvalue weighted by Gasteiger charge is 2.18. The topological polar surface area (TPSA) is 59.4 Å². The van der Waals surface area contributed by atoms with Crippen LogP contribution in [0.1, 0.15) is 22.0 Å². The van der Waals surface area contributed by atoms with Crippen LogP contribution in [0, 0.1) is 0 Å². The van der Waals surface area contributed by atoms with Gasteiger partial charge in [0.25, 0.3) is 0 Å². The first-order valence-electron chi connectivity index (χ1n) is 5.48. The second-order valence-corrected chi connectivity index (χ2v) is 3.78. The maximum atomic E-state index is 12.0. The number of hydrogen-bond acceptors (Lipinski definition) is 4. The van der Waals surface area contributed by atoms with Crippen molar-refractivity contribution in [3.05, 3.63) is 59.9 Å². The smallest absolute Gasteiger partial charge is 0.195 e. The minimum Gasteiger partial charge on any atom is -0.497 e. The van der Waals surface area contributed by atoms with E-state index in [1.165, 1.54) is 0 Å². The molecule has 0 spiro atoms. The minimum atomic E-state index is -1.17. The molecule has 1 aromatic heterocycles. The molecule has 0 aliphatic heterocycles. The Hall–Kier alpha value is -2.20. The molecule has 4 nitrogen and oxygen atoms in total. The van der Waals surface area contributed by atoms with Crippen molar-refractivity contribution in [3.63, 3.8) is 0 Å². The Morgan fingerprint density at radius 3 is 2.33 bits per heavy atom. The van der Waals surface area contributed by atoms with E-state index in [-0.39, 0.29) is 5.78 Å². The van der Waals surface area contributed by atoms with Gasteiger partial charge < -0.3 is 9.84 Å². The molecule has 0 amide bonds. The van der Waals surface area contributed by atoms with Gasteiger partial charge in [-0.15, -0.1) is 0 Å². The Bertz CT molecular complexity index is 522. The summed E-state index contributed by atoms with van der Waals surface area (Å²) in [6.45, 7) is 0. The van der Waals surface area contributed by atoms with Crippen molar-refractivity contribution < 1.29 is 14.6 Å². The number of carbonyl (C=O) groups excluding carboxylic acids is 1. The van der Waals surface area contributed by atoms with Gasteiger partial charge in [0.2, 0.25) is 0 Å². The zero-order valence-electron chi connectivity index (χ0n) is 9.91. The fourth-order valence-electron chi connectivity index (χ4n) is 1.61. The van der Waals surface area contributed by atoms with Gasteiger partial charge in [-0.2, -0.15) is 0 Å².